The highest BCUT2D eigenvalue weighted by Gasteiger charge is 2.03. The Morgan fingerprint density at radius 1 is 1.31 bits per heavy atom. The fraction of sp³-hybridized carbons (Fsp3) is 0.364. The SMILES string of the molecule is CC(=O)CNC(=O)/C(C)=C/CC=CNC=S. The molecule has 2 N–H and O–H groups in total. The Hall–Kier alpha value is -1.49. The van der Waals surface area contributed by atoms with E-state index in [0.29, 0.717) is 12.0 Å². The molecule has 0 radical (unpaired) electrons. The lowest BCUT2D eigenvalue weighted by Crippen LogP contribution is -2.28. The van der Waals surface area contributed by atoms with E-state index in [4.69, 9.17) is 0 Å². The Kier molecular flexibility index (Phi) is 7.97. The number of Topliss-reactive ketones (excluding diaryl/α,β-unsaturated/α-hetero) is 1. The maximum Gasteiger partial charge on any atom is 0.246 e. The van der Waals surface area contributed by atoms with E-state index in [1.165, 1.54) is 12.4 Å². The molecule has 0 aliphatic heterocycles. The molecule has 0 aromatic carbocycles. The molecule has 0 fully saturated rings. The van der Waals surface area contributed by atoms with Gasteiger partial charge in [-0.3, -0.25) is 9.59 Å². The van der Waals surface area contributed by atoms with Gasteiger partial charge in [-0.2, -0.15) is 0 Å². The first-order valence-electron chi connectivity index (χ1n) is 4.87. The molecular weight excluding hydrogens is 224 g/mol. The Bertz CT molecular complexity index is 322. The molecule has 1 amide bonds. The van der Waals surface area contributed by atoms with Gasteiger partial charge in [-0.25, -0.2) is 0 Å². The third-order valence-electron chi connectivity index (χ3n) is 1.70. The number of nitrogens with one attached hydrogen (secondary N) is 2. The lowest BCUT2D eigenvalue weighted by atomic mass is 10.2. The van der Waals surface area contributed by atoms with E-state index in [0.717, 1.165) is 0 Å². The van der Waals surface area contributed by atoms with Crippen molar-refractivity contribution in [2.24, 2.45) is 0 Å². The normalized spacial score (nSPS) is 11.2. The van der Waals surface area contributed by atoms with Crippen molar-refractivity contribution in [2.75, 3.05) is 6.54 Å². The summed E-state index contributed by atoms with van der Waals surface area (Å²) in [5, 5.41) is 5.24. The van der Waals surface area contributed by atoms with Gasteiger partial charge in [0, 0.05) is 5.57 Å². The van der Waals surface area contributed by atoms with Crippen molar-refractivity contribution in [2.45, 2.75) is 20.3 Å². The fourth-order valence-electron chi connectivity index (χ4n) is 0.857. The van der Waals surface area contributed by atoms with Crippen molar-refractivity contribution in [1.82, 2.24) is 10.6 Å². The van der Waals surface area contributed by atoms with Gasteiger partial charge in [0.15, 0.2) is 0 Å². The van der Waals surface area contributed by atoms with Crippen molar-refractivity contribution in [3.63, 3.8) is 0 Å². The van der Waals surface area contributed by atoms with Crippen LogP contribution in [0, 0.1) is 0 Å². The van der Waals surface area contributed by atoms with Gasteiger partial charge in [-0.15, -0.1) is 0 Å². The number of hydrogen-bond donors (Lipinski definition) is 2. The summed E-state index contributed by atoms with van der Waals surface area (Å²) in [4.78, 5) is 22.0. The zero-order valence-electron chi connectivity index (χ0n) is 9.45. The average Bonchev–Trinajstić information content (AvgIpc) is 2.25. The predicted molar refractivity (Wildman–Crippen MR) is 68.0 cm³/mol. The highest BCUT2D eigenvalue weighted by Crippen LogP contribution is 1.96. The van der Waals surface area contributed by atoms with Gasteiger partial charge >= 0.3 is 0 Å². The van der Waals surface area contributed by atoms with Crippen LogP contribution in [-0.2, 0) is 9.59 Å². The second-order valence-electron chi connectivity index (χ2n) is 3.19. The number of amides is 1. The Balaban J connectivity index is 3.96. The summed E-state index contributed by atoms with van der Waals surface area (Å²) >= 11 is 4.55. The van der Waals surface area contributed by atoms with Gasteiger partial charge < -0.3 is 10.6 Å². The monoisotopic (exact) mass is 240 g/mol. The molecule has 0 saturated heterocycles. The Morgan fingerprint density at radius 2 is 2.00 bits per heavy atom. The first kappa shape index (κ1) is 14.5. The third kappa shape index (κ3) is 7.87. The van der Waals surface area contributed by atoms with Gasteiger partial charge in [0.25, 0.3) is 0 Å². The van der Waals surface area contributed by atoms with E-state index in [2.05, 4.69) is 22.9 Å². The second kappa shape index (κ2) is 8.79. The number of hydrogen-bond acceptors (Lipinski definition) is 3. The van der Waals surface area contributed by atoms with E-state index in [1.807, 2.05) is 6.08 Å². The zero-order valence-corrected chi connectivity index (χ0v) is 10.3. The molecule has 0 heterocycles. The molecule has 0 aliphatic carbocycles. The van der Waals surface area contributed by atoms with Crippen LogP contribution in [0.15, 0.2) is 23.9 Å². The first-order chi connectivity index (χ1) is 7.57. The molecule has 16 heavy (non-hydrogen) atoms. The van der Waals surface area contributed by atoms with E-state index in [9.17, 15) is 9.59 Å². The fourth-order valence-corrected chi connectivity index (χ4v) is 0.936. The molecule has 0 aromatic rings. The molecule has 0 saturated carbocycles. The summed E-state index contributed by atoms with van der Waals surface area (Å²) in [6, 6.07) is 0. The number of rotatable bonds is 7. The largest absolute Gasteiger partial charge is 0.359 e. The van der Waals surface area contributed by atoms with Crippen LogP contribution < -0.4 is 10.6 Å². The number of carbonyl (C=O) groups is 2. The van der Waals surface area contributed by atoms with E-state index in [1.54, 1.807) is 19.2 Å². The average molecular weight is 240 g/mol. The maximum absolute atomic E-state index is 11.4. The molecule has 0 bridgehead atoms. The summed E-state index contributed by atoms with van der Waals surface area (Å²) in [7, 11) is 0. The second-order valence-corrected chi connectivity index (χ2v) is 3.43. The molecule has 0 rings (SSSR count). The topological polar surface area (TPSA) is 58.2 Å². The maximum atomic E-state index is 11.4. The molecule has 0 atom stereocenters. The molecule has 4 nitrogen and oxygen atoms in total. The van der Waals surface area contributed by atoms with Crippen molar-refractivity contribution < 1.29 is 9.59 Å². The van der Waals surface area contributed by atoms with E-state index >= 15 is 0 Å². The lowest BCUT2D eigenvalue weighted by molar-refractivity contribution is -0.122. The number of carbonyl (C=O) groups excluding carboxylic acids is 2. The molecule has 0 aliphatic rings. The molecule has 0 aromatic heterocycles. The van der Waals surface area contributed by atoms with Gasteiger partial charge in [-0.1, -0.05) is 24.4 Å². The van der Waals surface area contributed by atoms with Crippen LogP contribution in [0.4, 0.5) is 0 Å². The van der Waals surface area contributed by atoms with Crippen molar-refractivity contribution in [3.05, 3.63) is 23.9 Å². The van der Waals surface area contributed by atoms with E-state index < -0.39 is 0 Å². The van der Waals surface area contributed by atoms with Crippen LogP contribution >= 0.6 is 12.2 Å². The number of thiocarbonyl (C=S) groups is 1. The van der Waals surface area contributed by atoms with Crippen molar-refractivity contribution in [3.8, 4) is 0 Å². The molecule has 88 valence electrons. The third-order valence-corrected chi connectivity index (χ3v) is 1.83. The summed E-state index contributed by atoms with van der Waals surface area (Å²) < 4.78 is 0. The quantitative estimate of drug-likeness (QED) is 0.516. The summed E-state index contributed by atoms with van der Waals surface area (Å²) in [5.74, 6) is -0.280. The van der Waals surface area contributed by atoms with Crippen LogP contribution in [0.3, 0.4) is 0 Å². The minimum absolute atomic E-state index is 0.0637. The molecule has 0 spiro atoms. The zero-order chi connectivity index (χ0) is 12.4. The smallest absolute Gasteiger partial charge is 0.246 e. The Labute approximate surface area is 101 Å². The highest BCUT2D eigenvalue weighted by molar-refractivity contribution is 7.78. The van der Waals surface area contributed by atoms with Crippen LogP contribution in [-0.4, -0.2) is 23.7 Å². The van der Waals surface area contributed by atoms with Crippen molar-refractivity contribution >= 4 is 29.4 Å². The van der Waals surface area contributed by atoms with Crippen LogP contribution in [0.5, 0.6) is 0 Å². The van der Waals surface area contributed by atoms with Crippen LogP contribution in [0.25, 0.3) is 0 Å². The Morgan fingerprint density at radius 3 is 2.56 bits per heavy atom. The minimum atomic E-state index is -0.216. The highest BCUT2D eigenvalue weighted by atomic mass is 32.1. The van der Waals surface area contributed by atoms with Crippen LogP contribution in [0.2, 0.25) is 0 Å². The van der Waals surface area contributed by atoms with Crippen molar-refractivity contribution in [1.29, 1.82) is 0 Å². The van der Waals surface area contributed by atoms with Gasteiger partial charge in [-0.05, 0) is 26.5 Å². The van der Waals surface area contributed by atoms with Crippen LogP contribution in [0.1, 0.15) is 20.3 Å². The molecule has 0 unspecified atom stereocenters. The number of allylic oxidation sites excluding steroid dienone is 2. The molecular formula is C11H16N2O2S. The van der Waals surface area contributed by atoms with E-state index in [-0.39, 0.29) is 18.2 Å². The van der Waals surface area contributed by atoms with Gasteiger partial charge in [0.05, 0.1) is 12.0 Å². The summed E-state index contributed by atoms with van der Waals surface area (Å²) in [5.41, 5.74) is 1.99. The standard InChI is InChI=1S/C11H16N2O2S/c1-9(5-3-4-6-12-8-16)11(15)13-7-10(2)14/h4-6,8H,3,7H2,1-2H3,(H,12,16)(H,13,15)/b6-4?,9-5+. The summed E-state index contributed by atoms with van der Waals surface area (Å²) in [6.07, 6.45) is 5.95. The summed E-state index contributed by atoms with van der Waals surface area (Å²) in [6.45, 7) is 3.21. The predicted octanol–water partition coefficient (Wildman–Crippen LogP) is 1.09. The van der Waals surface area contributed by atoms with Gasteiger partial charge in [0.1, 0.15) is 5.78 Å². The first-order valence-corrected chi connectivity index (χ1v) is 5.34. The minimum Gasteiger partial charge on any atom is -0.359 e. The number of ketones is 1. The van der Waals surface area contributed by atoms with Gasteiger partial charge in [0.2, 0.25) is 5.91 Å². The lowest BCUT2D eigenvalue weighted by Gasteiger charge is -2.01. The molecule has 5 heteroatoms.